The second-order valence-electron chi connectivity index (χ2n) is 5.43. The molecule has 22 heavy (non-hydrogen) atoms. The van der Waals surface area contributed by atoms with Crippen LogP contribution in [0.15, 0.2) is 72.8 Å². The van der Waals surface area contributed by atoms with E-state index in [9.17, 15) is 4.39 Å². The third kappa shape index (κ3) is 2.23. The van der Waals surface area contributed by atoms with Gasteiger partial charge in [-0.25, -0.2) is 9.37 Å². The Morgan fingerprint density at radius 3 is 1.82 bits per heavy atom. The first-order valence-electron chi connectivity index (χ1n) is 7.32. The number of hydrogen-bond acceptors (Lipinski definition) is 1. The molecule has 0 aliphatic heterocycles. The standard InChI is InChI=1S/C20H14FN/c21-15-11-9-14(10-12-15)13-18-16-5-1-3-7-19(16)22-20-8-4-2-6-17(18)20/h1-12H,13H2. The molecule has 0 fully saturated rings. The number of nitrogens with zero attached hydrogens (tertiary/aromatic N) is 1. The lowest BCUT2D eigenvalue weighted by Crippen LogP contribution is -1.94. The van der Waals surface area contributed by atoms with Crippen LogP contribution in [0, 0.1) is 5.82 Å². The lowest BCUT2D eigenvalue weighted by Gasteiger charge is -2.11. The molecule has 3 aromatic carbocycles. The zero-order valence-corrected chi connectivity index (χ0v) is 12.0. The number of benzene rings is 3. The van der Waals surface area contributed by atoms with Crippen molar-refractivity contribution in [3.63, 3.8) is 0 Å². The number of hydrogen-bond donors (Lipinski definition) is 0. The van der Waals surface area contributed by atoms with E-state index in [0.717, 1.165) is 33.8 Å². The van der Waals surface area contributed by atoms with E-state index in [2.05, 4.69) is 12.1 Å². The number of pyridine rings is 1. The fourth-order valence-corrected chi connectivity index (χ4v) is 2.92. The first kappa shape index (κ1) is 13.0. The first-order chi connectivity index (χ1) is 10.8. The van der Waals surface area contributed by atoms with Gasteiger partial charge in [-0.2, -0.15) is 0 Å². The van der Waals surface area contributed by atoms with Crippen molar-refractivity contribution in [3.05, 3.63) is 89.7 Å². The zero-order chi connectivity index (χ0) is 14.9. The minimum atomic E-state index is -0.201. The average Bonchev–Trinajstić information content (AvgIpc) is 2.56. The molecule has 4 aromatic rings. The van der Waals surface area contributed by atoms with E-state index < -0.39 is 0 Å². The molecule has 0 N–H and O–H groups in total. The molecule has 0 bridgehead atoms. The van der Waals surface area contributed by atoms with Gasteiger partial charge in [0.15, 0.2) is 0 Å². The molecule has 106 valence electrons. The predicted octanol–water partition coefficient (Wildman–Crippen LogP) is 5.12. The van der Waals surface area contributed by atoms with E-state index >= 15 is 0 Å². The molecule has 2 heteroatoms. The molecule has 1 aromatic heterocycles. The lowest BCUT2D eigenvalue weighted by molar-refractivity contribution is 0.627. The summed E-state index contributed by atoms with van der Waals surface area (Å²) in [7, 11) is 0. The van der Waals surface area contributed by atoms with Crippen LogP contribution in [0.5, 0.6) is 0 Å². The van der Waals surface area contributed by atoms with Gasteiger partial charge in [0, 0.05) is 10.8 Å². The van der Waals surface area contributed by atoms with E-state index in [1.807, 2.05) is 48.5 Å². The van der Waals surface area contributed by atoms with Crippen molar-refractivity contribution >= 4 is 21.8 Å². The molecule has 0 spiro atoms. The van der Waals surface area contributed by atoms with Gasteiger partial charge in [-0.05, 0) is 41.8 Å². The van der Waals surface area contributed by atoms with Crippen LogP contribution in [0.25, 0.3) is 21.8 Å². The Bertz CT molecular complexity index is 904. The second kappa shape index (κ2) is 5.23. The third-order valence-corrected chi connectivity index (χ3v) is 3.99. The average molecular weight is 287 g/mol. The maximum Gasteiger partial charge on any atom is 0.123 e. The van der Waals surface area contributed by atoms with Gasteiger partial charge in [0.25, 0.3) is 0 Å². The van der Waals surface area contributed by atoms with Crippen molar-refractivity contribution in [3.8, 4) is 0 Å². The second-order valence-corrected chi connectivity index (χ2v) is 5.43. The van der Waals surface area contributed by atoms with Gasteiger partial charge in [0.1, 0.15) is 5.82 Å². The van der Waals surface area contributed by atoms with Crippen molar-refractivity contribution in [1.29, 1.82) is 0 Å². The highest BCUT2D eigenvalue weighted by atomic mass is 19.1. The summed E-state index contributed by atoms with van der Waals surface area (Å²) in [4.78, 5) is 4.73. The molecular weight excluding hydrogens is 273 g/mol. The Morgan fingerprint density at radius 2 is 1.23 bits per heavy atom. The van der Waals surface area contributed by atoms with Crippen molar-refractivity contribution in [2.24, 2.45) is 0 Å². The van der Waals surface area contributed by atoms with Gasteiger partial charge in [-0.3, -0.25) is 0 Å². The van der Waals surface area contributed by atoms with Gasteiger partial charge < -0.3 is 0 Å². The lowest BCUT2D eigenvalue weighted by atomic mass is 9.96. The highest BCUT2D eigenvalue weighted by Gasteiger charge is 2.09. The van der Waals surface area contributed by atoms with E-state index in [1.54, 1.807) is 0 Å². The summed E-state index contributed by atoms with van der Waals surface area (Å²) < 4.78 is 13.1. The Hall–Kier alpha value is -2.74. The molecule has 0 atom stereocenters. The number of halogens is 1. The summed E-state index contributed by atoms with van der Waals surface area (Å²) in [6, 6.07) is 23.1. The maximum atomic E-state index is 13.1. The van der Waals surface area contributed by atoms with Gasteiger partial charge in [-0.15, -0.1) is 0 Å². The number of rotatable bonds is 2. The Kier molecular flexibility index (Phi) is 3.08. The van der Waals surface area contributed by atoms with Crippen LogP contribution in [-0.2, 0) is 6.42 Å². The molecular formula is C20H14FN. The van der Waals surface area contributed by atoms with E-state index in [-0.39, 0.29) is 5.82 Å². The molecule has 4 rings (SSSR count). The molecule has 0 amide bonds. The summed E-state index contributed by atoms with van der Waals surface area (Å²) in [5, 5.41) is 2.32. The molecule has 1 heterocycles. The number of para-hydroxylation sites is 2. The van der Waals surface area contributed by atoms with Gasteiger partial charge in [0.05, 0.1) is 11.0 Å². The normalized spacial score (nSPS) is 11.1. The van der Waals surface area contributed by atoms with E-state index in [0.29, 0.717) is 0 Å². The third-order valence-electron chi connectivity index (χ3n) is 3.99. The minimum Gasteiger partial charge on any atom is -0.248 e. The molecule has 0 aliphatic carbocycles. The Balaban J connectivity index is 1.97. The van der Waals surface area contributed by atoms with Crippen LogP contribution in [0.3, 0.4) is 0 Å². The fourth-order valence-electron chi connectivity index (χ4n) is 2.92. The summed E-state index contributed by atoms with van der Waals surface area (Å²) in [6.07, 6.45) is 0.768. The number of aromatic nitrogens is 1. The summed E-state index contributed by atoms with van der Waals surface area (Å²) in [6.45, 7) is 0. The largest absolute Gasteiger partial charge is 0.248 e. The summed E-state index contributed by atoms with van der Waals surface area (Å²) in [5.41, 5.74) is 4.34. The smallest absolute Gasteiger partial charge is 0.123 e. The molecule has 0 saturated carbocycles. The van der Waals surface area contributed by atoms with Crippen LogP contribution in [0.2, 0.25) is 0 Å². The first-order valence-corrected chi connectivity index (χ1v) is 7.32. The van der Waals surface area contributed by atoms with Crippen LogP contribution < -0.4 is 0 Å². The molecule has 0 aliphatic rings. The highest BCUT2D eigenvalue weighted by Crippen LogP contribution is 2.28. The number of fused-ring (bicyclic) bond motifs is 2. The SMILES string of the molecule is Fc1ccc(Cc2c3ccccc3nc3ccccc23)cc1. The van der Waals surface area contributed by atoms with Gasteiger partial charge in [-0.1, -0.05) is 48.5 Å². The molecule has 0 radical (unpaired) electrons. The van der Waals surface area contributed by atoms with Gasteiger partial charge in [0.2, 0.25) is 0 Å². The quantitative estimate of drug-likeness (QED) is 0.466. The maximum absolute atomic E-state index is 13.1. The van der Waals surface area contributed by atoms with Gasteiger partial charge >= 0.3 is 0 Å². The van der Waals surface area contributed by atoms with Crippen molar-refractivity contribution in [2.75, 3.05) is 0 Å². The monoisotopic (exact) mass is 287 g/mol. The summed E-state index contributed by atoms with van der Waals surface area (Å²) in [5.74, 6) is -0.201. The highest BCUT2D eigenvalue weighted by molar-refractivity contribution is 5.97. The van der Waals surface area contributed by atoms with Crippen molar-refractivity contribution in [2.45, 2.75) is 6.42 Å². The predicted molar refractivity (Wildman–Crippen MR) is 88.5 cm³/mol. The molecule has 1 nitrogen and oxygen atoms in total. The summed E-state index contributed by atoms with van der Waals surface area (Å²) >= 11 is 0. The van der Waals surface area contributed by atoms with Crippen LogP contribution in [0.1, 0.15) is 11.1 Å². The molecule has 0 saturated heterocycles. The van der Waals surface area contributed by atoms with E-state index in [1.165, 1.54) is 17.7 Å². The zero-order valence-electron chi connectivity index (χ0n) is 12.0. The Labute approximate surface area is 128 Å². The van der Waals surface area contributed by atoms with Crippen molar-refractivity contribution in [1.82, 2.24) is 4.98 Å². The topological polar surface area (TPSA) is 12.9 Å². The van der Waals surface area contributed by atoms with Crippen LogP contribution >= 0.6 is 0 Å². The van der Waals surface area contributed by atoms with E-state index in [4.69, 9.17) is 4.98 Å². The molecule has 0 unspecified atom stereocenters. The minimum absolute atomic E-state index is 0.201. The Morgan fingerprint density at radius 1 is 0.682 bits per heavy atom. The van der Waals surface area contributed by atoms with Crippen molar-refractivity contribution < 1.29 is 4.39 Å². The van der Waals surface area contributed by atoms with Crippen LogP contribution in [-0.4, -0.2) is 4.98 Å². The fraction of sp³-hybridized carbons (Fsp3) is 0.0500. The van der Waals surface area contributed by atoms with Crippen LogP contribution in [0.4, 0.5) is 4.39 Å².